The Morgan fingerprint density at radius 3 is 2.18 bits per heavy atom. The number of allylic oxidation sites excluding steroid dienone is 7. The number of rotatable bonds is 21. The van der Waals surface area contributed by atoms with Crippen molar-refractivity contribution in [2.75, 3.05) is 63.3 Å². The smallest absolute Gasteiger partial charge is 0.264 e. The maximum Gasteiger partial charge on any atom is 0.264 e. The molecule has 2 aromatic carbocycles. The Morgan fingerprint density at radius 1 is 0.821 bits per heavy atom. The molecule has 1 N–H and O–H groups in total. The third-order valence-electron chi connectivity index (χ3n) is 11.7. The molecule has 9 heteroatoms. The summed E-state index contributed by atoms with van der Waals surface area (Å²) in [5.41, 5.74) is 11.3. The van der Waals surface area contributed by atoms with E-state index >= 15 is 0 Å². The predicted molar refractivity (Wildman–Crippen MR) is 232 cm³/mol. The van der Waals surface area contributed by atoms with E-state index in [2.05, 4.69) is 136 Å². The number of unbranched alkanes of at least 4 members (excludes halogenated alkanes) is 3. The van der Waals surface area contributed by atoms with Gasteiger partial charge < -0.3 is 19.3 Å². The van der Waals surface area contributed by atoms with Gasteiger partial charge in [-0.25, -0.2) is 0 Å². The zero-order chi connectivity index (χ0) is 40.3. The summed E-state index contributed by atoms with van der Waals surface area (Å²) >= 11 is 0. The van der Waals surface area contributed by atoms with Crippen molar-refractivity contribution in [3.05, 3.63) is 107 Å². The van der Waals surface area contributed by atoms with Crippen molar-refractivity contribution in [1.82, 2.24) is 4.90 Å². The Hall–Kier alpha value is -3.50. The normalized spacial score (nSPS) is 19.2. The number of para-hydroxylation sites is 2. The van der Waals surface area contributed by atoms with Crippen molar-refractivity contribution < 1.29 is 27.0 Å². The number of nitrogens with zero attached hydrogens (tertiary/aromatic N) is 3. The molecule has 0 aromatic heterocycles. The lowest BCUT2D eigenvalue weighted by Gasteiger charge is -2.34. The Balaban J connectivity index is 1.61. The van der Waals surface area contributed by atoms with Gasteiger partial charge in [0.15, 0.2) is 5.71 Å². The molecular weight excluding hydrogens is 719 g/mol. The van der Waals surface area contributed by atoms with Crippen LogP contribution in [0.1, 0.15) is 111 Å². The number of fused-ring (bicyclic) bond motifs is 2. The highest BCUT2D eigenvalue weighted by Gasteiger charge is 2.44. The highest BCUT2D eigenvalue weighted by Crippen LogP contribution is 2.48. The van der Waals surface area contributed by atoms with E-state index in [1.54, 1.807) is 0 Å². The summed E-state index contributed by atoms with van der Waals surface area (Å²) in [6, 6.07) is 17.5. The second-order valence-electron chi connectivity index (χ2n) is 16.4. The molecule has 0 fully saturated rings. The monoisotopic (exact) mass is 786 g/mol. The molecule has 2 aliphatic heterocycles. The average molecular weight is 787 g/mol. The minimum atomic E-state index is -4.00. The molecule has 0 radical (unpaired) electrons. The van der Waals surface area contributed by atoms with Gasteiger partial charge in [-0.05, 0) is 95.1 Å². The standard InChI is InChI=1S/C47H67N3O5S/c1-8-11-16-30-49-41-24-14-12-22-39(41)46(4,5)43(49)28-26-37-20-19-21-38(45(37)48(32-34-54-9-2)33-35-55-10-3)27-29-44-47(6,7)40-23-13-15-25-42(40)50(44)31-17-18-36-56(51,52)53/h12-15,22-29H,8-11,16-21,30-36H2,1-7H3/p+1. The zero-order valence-corrected chi connectivity index (χ0v) is 36.1. The second-order valence-corrected chi connectivity index (χ2v) is 17.9. The molecule has 56 heavy (non-hydrogen) atoms. The summed E-state index contributed by atoms with van der Waals surface area (Å²) in [4.78, 5) is 4.85. The van der Waals surface area contributed by atoms with Crippen LogP contribution in [0.5, 0.6) is 0 Å². The van der Waals surface area contributed by atoms with Crippen LogP contribution in [0.15, 0.2) is 95.4 Å². The molecular formula is C47H68N3O5S+. The molecule has 0 saturated carbocycles. The van der Waals surface area contributed by atoms with E-state index in [1.165, 1.54) is 57.9 Å². The Bertz CT molecular complexity index is 1910. The number of ether oxygens (including phenoxy) is 2. The fourth-order valence-corrected chi connectivity index (χ4v) is 9.38. The third kappa shape index (κ3) is 10.3. The lowest BCUT2D eigenvalue weighted by molar-refractivity contribution is -0.438. The van der Waals surface area contributed by atoms with Gasteiger partial charge in [0.25, 0.3) is 10.1 Å². The van der Waals surface area contributed by atoms with Gasteiger partial charge in [0, 0.05) is 79.5 Å². The number of benzene rings is 2. The molecule has 3 aliphatic rings. The van der Waals surface area contributed by atoms with E-state index in [4.69, 9.17) is 9.47 Å². The van der Waals surface area contributed by atoms with E-state index in [9.17, 15) is 13.0 Å². The molecule has 0 unspecified atom stereocenters. The maximum absolute atomic E-state index is 11.5. The molecule has 0 bridgehead atoms. The molecule has 2 aromatic rings. The fraction of sp³-hybridized carbons (Fsp3) is 0.553. The molecule has 306 valence electrons. The maximum atomic E-state index is 11.5. The van der Waals surface area contributed by atoms with Crippen LogP contribution in [0.4, 0.5) is 11.4 Å². The largest absolute Gasteiger partial charge is 0.380 e. The number of hydrogen-bond acceptors (Lipinski definition) is 6. The van der Waals surface area contributed by atoms with Crippen LogP contribution >= 0.6 is 0 Å². The first-order valence-electron chi connectivity index (χ1n) is 21.1. The minimum Gasteiger partial charge on any atom is -0.380 e. The summed E-state index contributed by atoms with van der Waals surface area (Å²) in [6.45, 7) is 21.5. The van der Waals surface area contributed by atoms with Crippen molar-refractivity contribution in [3.8, 4) is 0 Å². The van der Waals surface area contributed by atoms with E-state index < -0.39 is 10.1 Å². The highest BCUT2D eigenvalue weighted by atomic mass is 32.2. The topological polar surface area (TPSA) is 82.3 Å². The first-order chi connectivity index (χ1) is 26.8. The lowest BCUT2D eigenvalue weighted by Crippen LogP contribution is -2.33. The summed E-state index contributed by atoms with van der Waals surface area (Å²) in [6.07, 6.45) is 17.1. The van der Waals surface area contributed by atoms with Crippen LogP contribution in [0.25, 0.3) is 0 Å². The van der Waals surface area contributed by atoms with Crippen molar-refractivity contribution in [2.24, 2.45) is 0 Å². The van der Waals surface area contributed by atoms with Gasteiger partial charge in [-0.2, -0.15) is 13.0 Å². The quantitative estimate of drug-likeness (QED) is 0.0767. The van der Waals surface area contributed by atoms with Crippen LogP contribution in [-0.4, -0.2) is 86.5 Å². The van der Waals surface area contributed by atoms with Crippen LogP contribution < -0.4 is 4.90 Å². The second kappa shape index (κ2) is 19.8. The predicted octanol–water partition coefficient (Wildman–Crippen LogP) is 9.90. The molecule has 0 spiro atoms. The average Bonchev–Trinajstić information content (AvgIpc) is 3.52. The number of anilines is 1. The minimum absolute atomic E-state index is 0.116. The summed E-state index contributed by atoms with van der Waals surface area (Å²) < 4.78 is 46.9. The van der Waals surface area contributed by atoms with Crippen LogP contribution in [0.2, 0.25) is 0 Å². The molecule has 8 nitrogen and oxygen atoms in total. The van der Waals surface area contributed by atoms with Gasteiger partial charge in [-0.15, -0.1) is 0 Å². The van der Waals surface area contributed by atoms with Gasteiger partial charge in [0.2, 0.25) is 5.69 Å². The first kappa shape index (κ1) is 43.6. The van der Waals surface area contributed by atoms with E-state index in [0.29, 0.717) is 45.8 Å². The van der Waals surface area contributed by atoms with Gasteiger partial charge in [0.05, 0.1) is 24.4 Å². The summed E-state index contributed by atoms with van der Waals surface area (Å²) in [5, 5.41) is 0. The van der Waals surface area contributed by atoms with E-state index in [1.807, 2.05) is 0 Å². The van der Waals surface area contributed by atoms with Crippen LogP contribution in [0.3, 0.4) is 0 Å². The Labute approximate surface area is 338 Å². The van der Waals surface area contributed by atoms with Crippen molar-refractivity contribution in [1.29, 1.82) is 0 Å². The van der Waals surface area contributed by atoms with Gasteiger partial charge in [-0.1, -0.05) is 75.7 Å². The molecule has 0 atom stereocenters. The molecule has 0 amide bonds. The van der Waals surface area contributed by atoms with Crippen LogP contribution in [-0.2, 0) is 30.4 Å². The molecule has 2 heterocycles. The number of hydrogen-bond donors (Lipinski definition) is 1. The molecule has 5 rings (SSSR count). The molecule has 0 saturated heterocycles. The van der Waals surface area contributed by atoms with Gasteiger partial charge in [0.1, 0.15) is 6.54 Å². The van der Waals surface area contributed by atoms with E-state index in [0.717, 1.165) is 51.0 Å². The summed E-state index contributed by atoms with van der Waals surface area (Å²) in [5.74, 6) is -0.225. The lowest BCUT2D eigenvalue weighted by atomic mass is 9.81. The first-order valence-corrected chi connectivity index (χ1v) is 22.8. The Morgan fingerprint density at radius 2 is 1.50 bits per heavy atom. The van der Waals surface area contributed by atoms with Gasteiger partial charge in [-0.3, -0.25) is 4.55 Å². The summed E-state index contributed by atoms with van der Waals surface area (Å²) in [7, 11) is -4.00. The Kier molecular flexibility index (Phi) is 15.4. The van der Waals surface area contributed by atoms with Gasteiger partial charge >= 0.3 is 0 Å². The zero-order valence-electron chi connectivity index (χ0n) is 35.3. The van der Waals surface area contributed by atoms with E-state index in [-0.39, 0.29) is 16.6 Å². The fourth-order valence-electron chi connectivity index (χ4n) is 8.81. The van der Waals surface area contributed by atoms with Crippen molar-refractivity contribution >= 4 is 27.2 Å². The molecule has 1 aliphatic carbocycles. The van der Waals surface area contributed by atoms with Crippen molar-refractivity contribution in [3.63, 3.8) is 0 Å². The SMILES string of the molecule is CCCCC[N+]1=C(/C=C/C2=C(N(CCOCC)CCOCC)C(=C/C=C3/N(CCCCS(=O)(=O)O)c4ccccc4C3(C)C)/CCC2)C(C)(C)c2ccccc21. The van der Waals surface area contributed by atoms with Crippen molar-refractivity contribution in [2.45, 2.75) is 111 Å². The highest BCUT2D eigenvalue weighted by molar-refractivity contribution is 7.85. The van der Waals surface area contributed by atoms with Crippen LogP contribution in [0, 0.1) is 0 Å². The third-order valence-corrected chi connectivity index (χ3v) is 12.5.